The molecule has 0 aliphatic carbocycles. The number of hydrogen-bond donors (Lipinski definition) is 4. The van der Waals surface area contributed by atoms with Gasteiger partial charge in [0.05, 0.1) is 16.0 Å². The molecule has 0 spiro atoms. The third-order valence-corrected chi connectivity index (χ3v) is 6.18. The lowest BCUT2D eigenvalue weighted by Gasteiger charge is -2.08. The minimum Gasteiger partial charge on any atom is -0.382 e. The number of thiazole rings is 1. The molecule has 11 heteroatoms. The maximum atomic E-state index is 12.4. The predicted octanol–water partition coefficient (Wildman–Crippen LogP) is 3.25. The minimum atomic E-state index is -0.605. The fourth-order valence-corrected chi connectivity index (χ4v) is 4.31. The summed E-state index contributed by atoms with van der Waals surface area (Å²) in [6.07, 6.45) is 0. The second-order valence-corrected chi connectivity index (χ2v) is 8.77. The number of amides is 2. The smallest absolute Gasteiger partial charge is 0.277 e. The molecule has 0 saturated carbocycles. The van der Waals surface area contributed by atoms with E-state index in [1.165, 1.54) is 11.3 Å². The van der Waals surface area contributed by atoms with Crippen LogP contribution in [-0.4, -0.2) is 32.5 Å². The van der Waals surface area contributed by atoms with Crippen molar-refractivity contribution in [3.05, 3.63) is 70.0 Å². The van der Waals surface area contributed by atoms with Crippen LogP contribution < -0.4 is 21.9 Å². The maximum absolute atomic E-state index is 12.4. The number of nitrogen functional groups attached to an aromatic ring is 1. The van der Waals surface area contributed by atoms with Crippen molar-refractivity contribution in [2.24, 2.45) is 0 Å². The number of rotatable bonds is 6. The van der Waals surface area contributed by atoms with Gasteiger partial charge < -0.3 is 16.4 Å². The minimum absolute atomic E-state index is 0.00657. The molecule has 9 nitrogen and oxygen atoms in total. The number of H-pyrrole nitrogens is 1. The Bertz CT molecular complexity index is 1330. The summed E-state index contributed by atoms with van der Waals surface area (Å²) in [4.78, 5) is 48.0. The topological polar surface area (TPSA) is 143 Å². The van der Waals surface area contributed by atoms with Crippen molar-refractivity contribution in [3.63, 3.8) is 0 Å². The molecular weight excluding hydrogens is 448 g/mol. The van der Waals surface area contributed by atoms with Crippen molar-refractivity contribution in [2.45, 2.75) is 12.1 Å². The van der Waals surface area contributed by atoms with E-state index < -0.39 is 11.5 Å². The molecule has 2 aromatic carbocycles. The zero-order valence-electron chi connectivity index (χ0n) is 16.8. The monoisotopic (exact) mass is 466 g/mol. The van der Waals surface area contributed by atoms with Crippen LogP contribution in [-0.2, 0) is 4.79 Å². The van der Waals surface area contributed by atoms with Gasteiger partial charge in [0.2, 0.25) is 5.91 Å². The number of carbonyl (C=O) groups excluding carboxylic acids is 2. The third-order valence-electron chi connectivity index (χ3n) is 4.36. The zero-order valence-corrected chi connectivity index (χ0v) is 18.5. The Kier molecular flexibility index (Phi) is 6.19. The van der Waals surface area contributed by atoms with Crippen molar-refractivity contribution < 1.29 is 9.59 Å². The van der Waals surface area contributed by atoms with Crippen LogP contribution in [0, 0.1) is 6.92 Å². The quantitative estimate of drug-likeness (QED) is 0.252. The summed E-state index contributed by atoms with van der Waals surface area (Å²) in [5, 5.41) is 5.88. The van der Waals surface area contributed by atoms with E-state index in [1.54, 1.807) is 24.3 Å². The summed E-state index contributed by atoms with van der Waals surface area (Å²) < 4.78 is 0.970. The normalized spacial score (nSPS) is 10.8. The van der Waals surface area contributed by atoms with Gasteiger partial charge in [0, 0.05) is 5.56 Å². The van der Waals surface area contributed by atoms with Crippen LogP contribution >= 0.6 is 23.1 Å². The number of thioether (sulfide) groups is 1. The van der Waals surface area contributed by atoms with E-state index in [9.17, 15) is 14.4 Å². The number of aryl methyl sites for hydroxylation is 1. The SMILES string of the molecule is Cc1ccc(C(=O)Nc2c(N)nc(SCC(=O)Nc3nc4ccccc4s3)[nH]c2=O)cc1. The largest absolute Gasteiger partial charge is 0.382 e. The number of para-hydroxylation sites is 1. The lowest BCUT2D eigenvalue weighted by Crippen LogP contribution is -2.23. The number of aromatic amines is 1. The van der Waals surface area contributed by atoms with Gasteiger partial charge in [-0.2, -0.15) is 0 Å². The number of benzene rings is 2. The molecule has 0 aliphatic rings. The zero-order chi connectivity index (χ0) is 22.7. The average Bonchev–Trinajstić information content (AvgIpc) is 3.17. The molecule has 0 bridgehead atoms. The Balaban J connectivity index is 1.39. The number of hydrogen-bond acceptors (Lipinski definition) is 8. The van der Waals surface area contributed by atoms with E-state index >= 15 is 0 Å². The van der Waals surface area contributed by atoms with Crippen LogP contribution in [0.15, 0.2) is 58.5 Å². The number of carbonyl (C=O) groups is 2. The molecule has 0 fully saturated rings. The molecule has 2 amide bonds. The molecule has 32 heavy (non-hydrogen) atoms. The molecule has 4 aromatic rings. The Morgan fingerprint density at radius 3 is 2.56 bits per heavy atom. The van der Waals surface area contributed by atoms with Crippen LogP contribution in [0.4, 0.5) is 16.6 Å². The van der Waals surface area contributed by atoms with E-state index in [0.29, 0.717) is 10.7 Å². The predicted molar refractivity (Wildman–Crippen MR) is 127 cm³/mol. The Hall–Kier alpha value is -3.70. The van der Waals surface area contributed by atoms with Crippen LogP contribution in [0.3, 0.4) is 0 Å². The highest BCUT2D eigenvalue weighted by atomic mass is 32.2. The first-order chi connectivity index (χ1) is 15.4. The number of aromatic nitrogens is 3. The van der Waals surface area contributed by atoms with E-state index in [0.717, 1.165) is 27.5 Å². The number of anilines is 3. The Labute approximate surface area is 190 Å². The lowest BCUT2D eigenvalue weighted by atomic mass is 10.1. The number of nitrogens with one attached hydrogen (secondary N) is 3. The van der Waals surface area contributed by atoms with E-state index in [-0.39, 0.29) is 28.3 Å². The van der Waals surface area contributed by atoms with Gasteiger partial charge in [-0.1, -0.05) is 52.9 Å². The van der Waals surface area contributed by atoms with Gasteiger partial charge in [0.25, 0.3) is 11.5 Å². The standard InChI is InChI=1S/C21H18N6O3S2/c1-11-6-8-12(9-7-11)18(29)25-16-17(22)26-20(27-19(16)30)31-10-15(28)24-21-23-13-4-2-3-5-14(13)32-21/h2-9H,10H2,1H3,(H,25,29)(H,23,24,28)(H3,22,26,27,30). The van der Waals surface area contributed by atoms with E-state index in [2.05, 4.69) is 25.6 Å². The van der Waals surface area contributed by atoms with Gasteiger partial charge in [-0.25, -0.2) is 9.97 Å². The summed E-state index contributed by atoms with van der Waals surface area (Å²) >= 11 is 2.39. The molecule has 0 unspecified atom stereocenters. The van der Waals surface area contributed by atoms with Gasteiger partial charge >= 0.3 is 0 Å². The number of nitrogens with zero attached hydrogens (tertiary/aromatic N) is 2. The summed E-state index contributed by atoms with van der Waals surface area (Å²) in [5.41, 5.74) is 7.34. The highest BCUT2D eigenvalue weighted by Crippen LogP contribution is 2.25. The fourth-order valence-electron chi connectivity index (χ4n) is 2.76. The van der Waals surface area contributed by atoms with Gasteiger partial charge in [0.1, 0.15) is 5.69 Å². The van der Waals surface area contributed by atoms with Gasteiger partial charge in [-0.05, 0) is 31.2 Å². The first kappa shape index (κ1) is 21.5. The molecule has 5 N–H and O–H groups in total. The molecular formula is C21H18N6O3S2. The molecule has 0 radical (unpaired) electrons. The molecule has 0 aliphatic heterocycles. The van der Waals surface area contributed by atoms with Gasteiger partial charge in [-0.15, -0.1) is 0 Å². The molecule has 0 saturated heterocycles. The molecule has 2 aromatic heterocycles. The first-order valence-corrected chi connectivity index (χ1v) is 11.3. The summed E-state index contributed by atoms with van der Waals surface area (Å²) in [7, 11) is 0. The van der Waals surface area contributed by atoms with Crippen LogP contribution in [0.5, 0.6) is 0 Å². The van der Waals surface area contributed by atoms with E-state index in [4.69, 9.17) is 5.73 Å². The van der Waals surface area contributed by atoms with Gasteiger partial charge in [0.15, 0.2) is 16.1 Å². The molecule has 4 rings (SSSR count). The first-order valence-electron chi connectivity index (χ1n) is 9.45. The van der Waals surface area contributed by atoms with E-state index in [1.807, 2.05) is 31.2 Å². The maximum Gasteiger partial charge on any atom is 0.277 e. The third kappa shape index (κ3) is 4.95. The van der Waals surface area contributed by atoms with Crippen molar-refractivity contribution in [2.75, 3.05) is 22.1 Å². The second kappa shape index (κ2) is 9.20. The van der Waals surface area contributed by atoms with Crippen molar-refractivity contribution in [1.29, 1.82) is 0 Å². The summed E-state index contributed by atoms with van der Waals surface area (Å²) in [6, 6.07) is 14.5. The average molecular weight is 467 g/mol. The van der Waals surface area contributed by atoms with Crippen molar-refractivity contribution in [3.8, 4) is 0 Å². The molecule has 2 heterocycles. The van der Waals surface area contributed by atoms with Crippen molar-refractivity contribution in [1.82, 2.24) is 15.0 Å². The van der Waals surface area contributed by atoms with Gasteiger partial charge in [-0.3, -0.25) is 19.4 Å². The van der Waals surface area contributed by atoms with Crippen LogP contribution in [0.1, 0.15) is 15.9 Å². The highest BCUT2D eigenvalue weighted by molar-refractivity contribution is 7.99. The lowest BCUT2D eigenvalue weighted by molar-refractivity contribution is -0.113. The fraction of sp³-hybridized carbons (Fsp3) is 0.0952. The molecule has 0 atom stereocenters. The van der Waals surface area contributed by atoms with Crippen LogP contribution in [0.2, 0.25) is 0 Å². The number of nitrogens with two attached hydrogens (primary N) is 1. The Morgan fingerprint density at radius 2 is 1.84 bits per heavy atom. The Morgan fingerprint density at radius 1 is 1.09 bits per heavy atom. The number of fused-ring (bicyclic) bond motifs is 1. The molecule has 162 valence electrons. The van der Waals surface area contributed by atoms with Crippen LogP contribution in [0.25, 0.3) is 10.2 Å². The summed E-state index contributed by atoms with van der Waals surface area (Å²) in [6.45, 7) is 1.91. The summed E-state index contributed by atoms with van der Waals surface area (Å²) in [5.74, 6) is -0.914. The second-order valence-electron chi connectivity index (χ2n) is 6.78. The van der Waals surface area contributed by atoms with Crippen molar-refractivity contribution >= 4 is 61.8 Å². The highest BCUT2D eigenvalue weighted by Gasteiger charge is 2.15.